The van der Waals surface area contributed by atoms with Gasteiger partial charge in [-0.25, -0.2) is 4.79 Å². The zero-order valence-corrected chi connectivity index (χ0v) is 17.8. The molecular formula is C22H23ClN4O4. The molecule has 2 heterocycles. The van der Waals surface area contributed by atoms with Crippen LogP contribution in [0.4, 0.5) is 5.69 Å². The second-order valence-electron chi connectivity index (χ2n) is 7.40. The Labute approximate surface area is 184 Å². The average Bonchev–Trinajstić information content (AvgIpc) is 3.26. The number of rotatable bonds is 5. The number of benzene rings is 2. The standard InChI is InChI=1S/C22H23ClN4O4/c1-31-22(30)15-4-2-14(3-5-15)13-26-6-8-27(9-7-26)18-12-24-25-21(18)16-10-17(23)20(29)11-19(16)28/h2-5,10-12,28-29H,6-9,13H2,1H3,(H,24,25). The maximum absolute atomic E-state index is 11.6. The van der Waals surface area contributed by atoms with Gasteiger partial charge >= 0.3 is 5.97 Å². The van der Waals surface area contributed by atoms with Crippen molar-refractivity contribution in [3.05, 3.63) is 58.7 Å². The van der Waals surface area contributed by atoms with Gasteiger partial charge in [0.25, 0.3) is 0 Å². The molecule has 1 fully saturated rings. The molecule has 8 nitrogen and oxygen atoms in total. The summed E-state index contributed by atoms with van der Waals surface area (Å²) in [4.78, 5) is 16.1. The number of aromatic nitrogens is 2. The number of H-pyrrole nitrogens is 1. The summed E-state index contributed by atoms with van der Waals surface area (Å²) >= 11 is 6.03. The van der Waals surface area contributed by atoms with Crippen molar-refractivity contribution in [2.75, 3.05) is 38.2 Å². The second kappa shape index (κ2) is 8.87. The van der Waals surface area contributed by atoms with Crippen molar-refractivity contribution < 1.29 is 19.7 Å². The summed E-state index contributed by atoms with van der Waals surface area (Å²) in [5.74, 6) is -0.573. The van der Waals surface area contributed by atoms with Crippen LogP contribution < -0.4 is 4.90 Å². The lowest BCUT2D eigenvalue weighted by molar-refractivity contribution is 0.0600. The first-order valence-corrected chi connectivity index (χ1v) is 10.2. The number of nitrogens with zero attached hydrogens (tertiary/aromatic N) is 3. The van der Waals surface area contributed by atoms with Crippen molar-refractivity contribution in [1.29, 1.82) is 0 Å². The summed E-state index contributed by atoms with van der Waals surface area (Å²) in [6.45, 7) is 4.08. The maximum Gasteiger partial charge on any atom is 0.337 e. The van der Waals surface area contributed by atoms with E-state index in [9.17, 15) is 15.0 Å². The molecule has 0 saturated carbocycles. The maximum atomic E-state index is 11.6. The van der Waals surface area contributed by atoms with E-state index < -0.39 is 0 Å². The van der Waals surface area contributed by atoms with Crippen molar-refractivity contribution in [3.63, 3.8) is 0 Å². The number of phenolic OH excluding ortho intramolecular Hbond substituents is 2. The zero-order valence-electron chi connectivity index (χ0n) is 17.0. The molecule has 1 aliphatic rings. The molecule has 4 rings (SSSR count). The first-order chi connectivity index (χ1) is 15.0. The average molecular weight is 443 g/mol. The number of esters is 1. The quantitative estimate of drug-likeness (QED) is 0.521. The van der Waals surface area contributed by atoms with Crippen molar-refractivity contribution >= 4 is 23.3 Å². The molecule has 0 radical (unpaired) electrons. The van der Waals surface area contributed by atoms with E-state index in [2.05, 4.69) is 20.0 Å². The van der Waals surface area contributed by atoms with Crippen LogP contribution in [0, 0.1) is 0 Å². The Balaban J connectivity index is 1.42. The molecule has 31 heavy (non-hydrogen) atoms. The Bertz CT molecular complexity index is 1080. The van der Waals surface area contributed by atoms with Crippen molar-refractivity contribution in [2.45, 2.75) is 6.54 Å². The molecule has 3 aromatic rings. The number of halogens is 1. The Morgan fingerprint density at radius 2 is 1.84 bits per heavy atom. The minimum Gasteiger partial charge on any atom is -0.507 e. The topological polar surface area (TPSA) is 102 Å². The van der Waals surface area contributed by atoms with Gasteiger partial charge in [0.2, 0.25) is 0 Å². The van der Waals surface area contributed by atoms with Gasteiger partial charge in [-0.1, -0.05) is 23.7 Å². The Morgan fingerprint density at radius 1 is 1.13 bits per heavy atom. The molecule has 1 aromatic heterocycles. The molecule has 0 amide bonds. The highest BCUT2D eigenvalue weighted by Gasteiger charge is 2.23. The number of hydrogen-bond donors (Lipinski definition) is 3. The summed E-state index contributed by atoms with van der Waals surface area (Å²) in [5, 5.41) is 27.2. The molecule has 3 N–H and O–H groups in total. The number of phenols is 2. The molecule has 0 aliphatic carbocycles. The van der Waals surface area contributed by atoms with Crippen LogP contribution in [-0.2, 0) is 11.3 Å². The highest BCUT2D eigenvalue weighted by atomic mass is 35.5. The molecule has 0 unspecified atom stereocenters. The molecular weight excluding hydrogens is 420 g/mol. The molecule has 0 spiro atoms. The first-order valence-electron chi connectivity index (χ1n) is 9.86. The minimum absolute atomic E-state index is 0.0681. The van der Waals surface area contributed by atoms with Crippen LogP contribution in [-0.4, -0.2) is 64.6 Å². The SMILES string of the molecule is COC(=O)c1ccc(CN2CCN(c3cn[nH]c3-c3cc(Cl)c(O)cc3O)CC2)cc1. The van der Waals surface area contributed by atoms with Crippen LogP contribution in [0.3, 0.4) is 0 Å². The molecule has 1 aliphatic heterocycles. The summed E-state index contributed by atoms with van der Waals surface area (Å²) in [7, 11) is 1.37. The van der Waals surface area contributed by atoms with Gasteiger partial charge in [0.15, 0.2) is 0 Å². The zero-order chi connectivity index (χ0) is 22.0. The molecule has 0 atom stereocenters. The predicted molar refractivity (Wildman–Crippen MR) is 118 cm³/mol. The van der Waals surface area contributed by atoms with Crippen LogP contribution in [0.25, 0.3) is 11.3 Å². The Morgan fingerprint density at radius 3 is 2.52 bits per heavy atom. The van der Waals surface area contributed by atoms with Crippen molar-refractivity contribution in [1.82, 2.24) is 15.1 Å². The van der Waals surface area contributed by atoms with E-state index in [1.54, 1.807) is 18.3 Å². The monoisotopic (exact) mass is 442 g/mol. The number of hydrogen-bond acceptors (Lipinski definition) is 7. The van der Waals surface area contributed by atoms with Crippen LogP contribution >= 0.6 is 11.6 Å². The van der Waals surface area contributed by atoms with Gasteiger partial charge in [-0.05, 0) is 23.8 Å². The fourth-order valence-corrected chi connectivity index (χ4v) is 3.90. The van der Waals surface area contributed by atoms with Crippen molar-refractivity contribution in [2.24, 2.45) is 0 Å². The third kappa shape index (κ3) is 4.45. The largest absolute Gasteiger partial charge is 0.507 e. The first kappa shape index (κ1) is 21.0. The summed E-state index contributed by atoms with van der Waals surface area (Å²) in [6.07, 6.45) is 1.73. The molecule has 0 bridgehead atoms. The fraction of sp³-hybridized carbons (Fsp3) is 0.273. The van der Waals surface area contributed by atoms with E-state index in [1.807, 2.05) is 12.1 Å². The lowest BCUT2D eigenvalue weighted by Crippen LogP contribution is -2.46. The number of aromatic amines is 1. The lowest BCUT2D eigenvalue weighted by atomic mass is 10.1. The van der Waals surface area contributed by atoms with E-state index in [4.69, 9.17) is 16.3 Å². The second-order valence-corrected chi connectivity index (χ2v) is 7.81. The number of nitrogens with one attached hydrogen (secondary N) is 1. The molecule has 1 saturated heterocycles. The highest BCUT2D eigenvalue weighted by Crippen LogP contribution is 2.40. The number of methoxy groups -OCH3 is 1. The predicted octanol–water partition coefficient (Wildman–Crippen LogP) is 3.25. The lowest BCUT2D eigenvalue weighted by Gasteiger charge is -2.36. The minimum atomic E-state index is -0.336. The van der Waals surface area contributed by atoms with Crippen LogP contribution in [0.15, 0.2) is 42.6 Å². The van der Waals surface area contributed by atoms with Crippen molar-refractivity contribution in [3.8, 4) is 22.8 Å². The van der Waals surface area contributed by atoms with E-state index in [1.165, 1.54) is 19.2 Å². The number of aromatic hydroxyl groups is 2. The van der Waals surface area contributed by atoms with E-state index in [-0.39, 0.29) is 22.5 Å². The van der Waals surface area contributed by atoms with Crippen LogP contribution in [0.2, 0.25) is 5.02 Å². The van der Waals surface area contributed by atoms with E-state index in [0.29, 0.717) is 16.8 Å². The van der Waals surface area contributed by atoms with Crippen LogP contribution in [0.1, 0.15) is 15.9 Å². The van der Waals surface area contributed by atoms with Gasteiger partial charge in [-0.15, -0.1) is 0 Å². The van der Waals surface area contributed by atoms with E-state index >= 15 is 0 Å². The summed E-state index contributed by atoms with van der Waals surface area (Å²) in [6, 6.07) is 10.2. The normalized spacial score (nSPS) is 14.6. The van der Waals surface area contributed by atoms with Gasteiger partial charge < -0.3 is 19.8 Å². The Kier molecular flexibility index (Phi) is 6.01. The number of carbonyl (C=O) groups excluding carboxylic acids is 1. The van der Waals surface area contributed by atoms with Gasteiger partial charge in [0, 0.05) is 44.4 Å². The van der Waals surface area contributed by atoms with Gasteiger partial charge in [0.05, 0.1) is 35.3 Å². The highest BCUT2D eigenvalue weighted by molar-refractivity contribution is 6.32. The van der Waals surface area contributed by atoms with Crippen LogP contribution in [0.5, 0.6) is 11.5 Å². The smallest absolute Gasteiger partial charge is 0.337 e. The number of piperazine rings is 1. The van der Waals surface area contributed by atoms with Gasteiger partial charge in [-0.2, -0.15) is 5.10 Å². The number of carbonyl (C=O) groups is 1. The fourth-order valence-electron chi connectivity index (χ4n) is 3.74. The summed E-state index contributed by atoms with van der Waals surface area (Å²) in [5.41, 5.74) is 3.70. The third-order valence-electron chi connectivity index (χ3n) is 5.45. The Hall–Kier alpha value is -3.23. The molecule has 9 heteroatoms. The van der Waals surface area contributed by atoms with E-state index in [0.717, 1.165) is 44.0 Å². The molecule has 162 valence electrons. The van der Waals surface area contributed by atoms with Gasteiger partial charge in [0.1, 0.15) is 11.5 Å². The third-order valence-corrected chi connectivity index (χ3v) is 5.75. The number of anilines is 1. The summed E-state index contributed by atoms with van der Waals surface area (Å²) < 4.78 is 4.74. The number of ether oxygens (including phenoxy) is 1. The molecule has 2 aromatic carbocycles. The van der Waals surface area contributed by atoms with Gasteiger partial charge in [-0.3, -0.25) is 10.00 Å².